The van der Waals surface area contributed by atoms with Crippen molar-refractivity contribution < 1.29 is 19.0 Å². The number of nitrogens with one attached hydrogen (secondary N) is 1. The van der Waals surface area contributed by atoms with Crippen molar-refractivity contribution in [3.05, 3.63) is 45.9 Å². The molecular weight excluding hydrogens is 377 g/mol. The number of hydrogen-bond acceptors (Lipinski definition) is 4. The average molecular weight is 398 g/mol. The van der Waals surface area contributed by atoms with Crippen molar-refractivity contribution >= 4 is 34.8 Å². The minimum Gasteiger partial charge on any atom is -0.490 e. The van der Waals surface area contributed by atoms with E-state index in [0.717, 1.165) is 0 Å². The maximum Gasteiger partial charge on any atom is 0.255 e. The van der Waals surface area contributed by atoms with Crippen LogP contribution in [0.2, 0.25) is 10.0 Å². The van der Waals surface area contributed by atoms with Crippen molar-refractivity contribution in [2.45, 2.75) is 20.8 Å². The Morgan fingerprint density at radius 1 is 0.885 bits per heavy atom. The normalized spacial score (nSPS) is 10.3. The Morgan fingerprint density at radius 2 is 1.46 bits per heavy atom. The van der Waals surface area contributed by atoms with Gasteiger partial charge in [0.2, 0.25) is 5.75 Å². The average Bonchev–Trinajstić information content (AvgIpc) is 2.61. The first kappa shape index (κ1) is 20.2. The summed E-state index contributed by atoms with van der Waals surface area (Å²) in [6.45, 7) is 6.91. The molecule has 0 heterocycles. The van der Waals surface area contributed by atoms with Crippen LogP contribution in [0.5, 0.6) is 17.2 Å². The molecule has 1 N–H and O–H groups in total. The molecule has 0 aliphatic heterocycles. The third kappa shape index (κ3) is 4.96. The van der Waals surface area contributed by atoms with Gasteiger partial charge in [-0.15, -0.1) is 0 Å². The van der Waals surface area contributed by atoms with Gasteiger partial charge in [-0.3, -0.25) is 4.79 Å². The summed E-state index contributed by atoms with van der Waals surface area (Å²) in [6.07, 6.45) is 0. The lowest BCUT2D eigenvalue weighted by atomic mass is 10.1. The highest BCUT2D eigenvalue weighted by molar-refractivity contribution is 6.42. The molecular formula is C19H21Cl2NO4. The summed E-state index contributed by atoms with van der Waals surface area (Å²) >= 11 is 11.9. The number of hydrogen-bond donors (Lipinski definition) is 1. The molecule has 5 nitrogen and oxygen atoms in total. The van der Waals surface area contributed by atoms with Gasteiger partial charge in [0.15, 0.2) is 11.5 Å². The van der Waals surface area contributed by atoms with E-state index in [-0.39, 0.29) is 5.91 Å². The second-order valence-corrected chi connectivity index (χ2v) is 6.00. The zero-order valence-electron chi connectivity index (χ0n) is 14.9. The SMILES string of the molecule is CCOc1cc(C(=O)Nc2ccc(Cl)c(Cl)c2)cc(OCC)c1OCC. The van der Waals surface area contributed by atoms with Crippen LogP contribution in [0.3, 0.4) is 0 Å². The van der Waals surface area contributed by atoms with Crippen LogP contribution in [0.15, 0.2) is 30.3 Å². The first-order chi connectivity index (χ1) is 12.5. The highest BCUT2D eigenvalue weighted by Gasteiger charge is 2.18. The van der Waals surface area contributed by atoms with Crippen LogP contribution in [0.25, 0.3) is 0 Å². The Bertz CT molecular complexity index is 753. The molecule has 1 amide bonds. The van der Waals surface area contributed by atoms with Crippen molar-refractivity contribution in [2.75, 3.05) is 25.1 Å². The number of benzene rings is 2. The second kappa shape index (κ2) is 9.55. The lowest BCUT2D eigenvalue weighted by Crippen LogP contribution is -2.13. The summed E-state index contributed by atoms with van der Waals surface area (Å²) in [4.78, 5) is 12.7. The van der Waals surface area contributed by atoms with Gasteiger partial charge in [-0.25, -0.2) is 0 Å². The Balaban J connectivity index is 2.36. The van der Waals surface area contributed by atoms with Gasteiger partial charge in [-0.05, 0) is 51.1 Å². The third-order valence-electron chi connectivity index (χ3n) is 3.35. The van der Waals surface area contributed by atoms with Crippen molar-refractivity contribution in [1.29, 1.82) is 0 Å². The van der Waals surface area contributed by atoms with Gasteiger partial charge in [0, 0.05) is 11.3 Å². The fourth-order valence-corrected chi connectivity index (χ4v) is 2.60. The number of halogens is 2. The number of rotatable bonds is 8. The van der Waals surface area contributed by atoms with Crippen LogP contribution in [0.4, 0.5) is 5.69 Å². The summed E-state index contributed by atoms with van der Waals surface area (Å²) in [5, 5.41) is 3.56. The van der Waals surface area contributed by atoms with Crippen LogP contribution in [0.1, 0.15) is 31.1 Å². The Morgan fingerprint density at radius 3 is 1.96 bits per heavy atom. The van der Waals surface area contributed by atoms with Gasteiger partial charge in [0.1, 0.15) is 0 Å². The topological polar surface area (TPSA) is 56.8 Å². The zero-order chi connectivity index (χ0) is 19.1. The van der Waals surface area contributed by atoms with Gasteiger partial charge in [0.05, 0.1) is 29.9 Å². The minimum atomic E-state index is -0.326. The zero-order valence-corrected chi connectivity index (χ0v) is 16.4. The van der Waals surface area contributed by atoms with E-state index in [2.05, 4.69) is 5.32 Å². The molecule has 0 spiro atoms. The summed E-state index contributed by atoms with van der Waals surface area (Å²) in [5.74, 6) is 1.08. The largest absolute Gasteiger partial charge is 0.490 e. The molecule has 140 valence electrons. The van der Waals surface area contributed by atoms with Gasteiger partial charge < -0.3 is 19.5 Å². The molecule has 0 saturated heterocycles. The Hall–Kier alpha value is -2.11. The van der Waals surface area contributed by atoms with E-state index >= 15 is 0 Å². The minimum absolute atomic E-state index is 0.326. The molecule has 0 unspecified atom stereocenters. The highest BCUT2D eigenvalue weighted by atomic mass is 35.5. The number of anilines is 1. The van der Waals surface area contributed by atoms with Gasteiger partial charge >= 0.3 is 0 Å². The van der Waals surface area contributed by atoms with E-state index in [9.17, 15) is 4.79 Å². The van der Waals surface area contributed by atoms with Crippen molar-refractivity contribution in [3.8, 4) is 17.2 Å². The molecule has 2 aromatic rings. The van der Waals surface area contributed by atoms with Gasteiger partial charge in [0.25, 0.3) is 5.91 Å². The smallest absolute Gasteiger partial charge is 0.255 e. The summed E-state index contributed by atoms with van der Waals surface area (Å²) in [5.41, 5.74) is 0.917. The maximum absolute atomic E-state index is 12.7. The summed E-state index contributed by atoms with van der Waals surface area (Å²) < 4.78 is 16.9. The number of ether oxygens (including phenoxy) is 3. The van der Waals surface area contributed by atoms with Crippen LogP contribution in [-0.4, -0.2) is 25.7 Å². The molecule has 2 rings (SSSR count). The van der Waals surface area contributed by atoms with Gasteiger partial charge in [-0.1, -0.05) is 23.2 Å². The predicted molar refractivity (Wildman–Crippen MR) is 104 cm³/mol. The van der Waals surface area contributed by atoms with E-state index in [1.165, 1.54) is 0 Å². The number of carbonyl (C=O) groups is 1. The van der Waals surface area contributed by atoms with Crippen molar-refractivity contribution in [2.24, 2.45) is 0 Å². The van der Waals surface area contributed by atoms with E-state index in [1.807, 2.05) is 20.8 Å². The molecule has 26 heavy (non-hydrogen) atoms. The molecule has 0 aromatic heterocycles. The van der Waals surface area contributed by atoms with Crippen LogP contribution < -0.4 is 19.5 Å². The molecule has 0 radical (unpaired) electrons. The highest BCUT2D eigenvalue weighted by Crippen LogP contribution is 2.39. The maximum atomic E-state index is 12.7. The molecule has 0 fully saturated rings. The van der Waals surface area contributed by atoms with Crippen LogP contribution >= 0.6 is 23.2 Å². The molecule has 0 bridgehead atoms. The van der Waals surface area contributed by atoms with E-state index in [0.29, 0.717) is 58.4 Å². The standard InChI is InChI=1S/C19H21Cl2NO4/c1-4-24-16-9-12(10-17(25-5-2)18(16)26-6-3)19(23)22-13-7-8-14(20)15(21)11-13/h7-11H,4-6H2,1-3H3,(H,22,23). The number of amides is 1. The first-order valence-electron chi connectivity index (χ1n) is 8.32. The first-order valence-corrected chi connectivity index (χ1v) is 9.08. The molecule has 0 atom stereocenters. The van der Waals surface area contributed by atoms with E-state index in [1.54, 1.807) is 30.3 Å². The second-order valence-electron chi connectivity index (χ2n) is 5.18. The van der Waals surface area contributed by atoms with Crippen molar-refractivity contribution in [1.82, 2.24) is 0 Å². The van der Waals surface area contributed by atoms with E-state index < -0.39 is 0 Å². The fourth-order valence-electron chi connectivity index (χ4n) is 2.30. The lowest BCUT2D eigenvalue weighted by molar-refractivity contribution is 0.102. The lowest BCUT2D eigenvalue weighted by Gasteiger charge is -2.17. The molecule has 2 aromatic carbocycles. The number of carbonyl (C=O) groups excluding carboxylic acids is 1. The van der Waals surface area contributed by atoms with Crippen LogP contribution in [0, 0.1) is 0 Å². The molecule has 7 heteroatoms. The Labute approximate surface area is 163 Å². The Kier molecular flexibility index (Phi) is 7.42. The predicted octanol–water partition coefficient (Wildman–Crippen LogP) is 5.44. The monoisotopic (exact) mass is 397 g/mol. The molecule has 0 aliphatic rings. The summed E-state index contributed by atoms with van der Waals surface area (Å²) in [6, 6.07) is 8.14. The van der Waals surface area contributed by atoms with Crippen molar-refractivity contribution in [3.63, 3.8) is 0 Å². The molecule has 0 saturated carbocycles. The molecule has 0 aliphatic carbocycles. The van der Waals surface area contributed by atoms with Crippen LogP contribution in [-0.2, 0) is 0 Å². The summed E-state index contributed by atoms with van der Waals surface area (Å²) in [7, 11) is 0. The third-order valence-corrected chi connectivity index (χ3v) is 4.09. The quantitative estimate of drug-likeness (QED) is 0.643. The fraction of sp³-hybridized carbons (Fsp3) is 0.316. The van der Waals surface area contributed by atoms with Gasteiger partial charge in [-0.2, -0.15) is 0 Å². The van der Waals surface area contributed by atoms with E-state index in [4.69, 9.17) is 37.4 Å².